The molecule has 78 valence electrons. The van der Waals surface area contributed by atoms with Gasteiger partial charge in [-0.1, -0.05) is 0 Å². The van der Waals surface area contributed by atoms with Crippen LogP contribution in [-0.2, 0) is 5.54 Å². The molecule has 4 heteroatoms. The van der Waals surface area contributed by atoms with E-state index in [-0.39, 0.29) is 5.75 Å². The predicted molar refractivity (Wildman–Crippen MR) is 50.1 cm³/mol. The van der Waals surface area contributed by atoms with E-state index >= 15 is 0 Å². The number of hydrogen-bond acceptors (Lipinski definition) is 2. The van der Waals surface area contributed by atoms with Gasteiger partial charge in [-0.15, -0.1) is 0 Å². The number of methoxy groups -OCH3 is 1. The Labute approximate surface area is 81.7 Å². The van der Waals surface area contributed by atoms with Gasteiger partial charge in [-0.3, -0.25) is 0 Å². The summed E-state index contributed by atoms with van der Waals surface area (Å²) < 4.78 is 31.0. The molecule has 0 saturated heterocycles. The smallest absolute Gasteiger partial charge is 0.168 e. The molecule has 0 bridgehead atoms. The van der Waals surface area contributed by atoms with Crippen molar-refractivity contribution in [2.45, 2.75) is 19.4 Å². The van der Waals surface area contributed by atoms with Crippen LogP contribution < -0.4 is 10.5 Å². The first-order valence-corrected chi connectivity index (χ1v) is 4.18. The minimum atomic E-state index is -0.839. The molecule has 0 aromatic heterocycles. The van der Waals surface area contributed by atoms with Crippen LogP contribution in [0, 0.1) is 11.6 Å². The second kappa shape index (κ2) is 3.53. The molecule has 0 aliphatic carbocycles. The van der Waals surface area contributed by atoms with Crippen molar-refractivity contribution in [2.75, 3.05) is 7.11 Å². The average Bonchev–Trinajstić information content (AvgIpc) is 2.01. The van der Waals surface area contributed by atoms with Crippen LogP contribution in [0.1, 0.15) is 19.4 Å². The Morgan fingerprint density at radius 3 is 2.29 bits per heavy atom. The Bertz CT molecular complexity index is 345. The third kappa shape index (κ3) is 2.01. The quantitative estimate of drug-likeness (QED) is 0.795. The Morgan fingerprint density at radius 1 is 1.29 bits per heavy atom. The monoisotopic (exact) mass is 201 g/mol. The van der Waals surface area contributed by atoms with E-state index < -0.39 is 17.2 Å². The molecule has 0 saturated carbocycles. The van der Waals surface area contributed by atoms with Gasteiger partial charge in [-0.05, 0) is 19.9 Å². The van der Waals surface area contributed by atoms with Gasteiger partial charge in [0.15, 0.2) is 11.6 Å². The summed E-state index contributed by atoms with van der Waals surface area (Å²) in [5.41, 5.74) is 5.24. The summed E-state index contributed by atoms with van der Waals surface area (Å²) in [7, 11) is 1.32. The Kier molecular flexibility index (Phi) is 2.76. The van der Waals surface area contributed by atoms with E-state index in [0.717, 1.165) is 6.07 Å². The lowest BCUT2D eigenvalue weighted by Crippen LogP contribution is -2.29. The van der Waals surface area contributed by atoms with Crippen molar-refractivity contribution in [3.05, 3.63) is 29.3 Å². The van der Waals surface area contributed by atoms with Gasteiger partial charge in [0, 0.05) is 17.2 Å². The number of nitrogens with two attached hydrogens (primary N) is 1. The van der Waals surface area contributed by atoms with Crippen molar-refractivity contribution in [3.8, 4) is 5.75 Å². The van der Waals surface area contributed by atoms with E-state index in [1.54, 1.807) is 13.8 Å². The zero-order valence-electron chi connectivity index (χ0n) is 8.40. The summed E-state index contributed by atoms with van der Waals surface area (Å²) in [5.74, 6) is -1.39. The summed E-state index contributed by atoms with van der Waals surface area (Å²) in [6.07, 6.45) is 0. The van der Waals surface area contributed by atoms with E-state index in [1.807, 2.05) is 0 Å². The highest BCUT2D eigenvalue weighted by atomic mass is 19.1. The first-order chi connectivity index (χ1) is 6.36. The fourth-order valence-corrected chi connectivity index (χ4v) is 1.25. The molecule has 0 unspecified atom stereocenters. The average molecular weight is 201 g/mol. The maximum Gasteiger partial charge on any atom is 0.168 e. The molecular weight excluding hydrogens is 188 g/mol. The van der Waals surface area contributed by atoms with Crippen LogP contribution in [0.15, 0.2) is 12.1 Å². The molecular formula is C10H13F2NO. The Hall–Kier alpha value is -1.16. The summed E-state index contributed by atoms with van der Waals surface area (Å²) in [4.78, 5) is 0. The van der Waals surface area contributed by atoms with Gasteiger partial charge in [0.2, 0.25) is 0 Å². The molecule has 0 atom stereocenters. The fourth-order valence-electron chi connectivity index (χ4n) is 1.25. The van der Waals surface area contributed by atoms with Crippen LogP contribution in [0.3, 0.4) is 0 Å². The van der Waals surface area contributed by atoms with Crippen LogP contribution in [0.4, 0.5) is 8.78 Å². The number of halogens is 2. The molecule has 0 amide bonds. The molecule has 2 N–H and O–H groups in total. The molecule has 1 aromatic rings. The van der Waals surface area contributed by atoms with E-state index in [0.29, 0.717) is 5.56 Å². The van der Waals surface area contributed by atoms with E-state index in [1.165, 1.54) is 13.2 Å². The van der Waals surface area contributed by atoms with Gasteiger partial charge in [0.05, 0.1) is 7.11 Å². The predicted octanol–water partition coefficient (Wildman–Crippen LogP) is 2.17. The summed E-state index contributed by atoms with van der Waals surface area (Å²) in [5, 5.41) is 0. The van der Waals surface area contributed by atoms with Gasteiger partial charge in [-0.2, -0.15) is 0 Å². The highest BCUT2D eigenvalue weighted by molar-refractivity contribution is 5.39. The molecule has 0 aliphatic rings. The molecule has 2 nitrogen and oxygen atoms in total. The summed E-state index contributed by atoms with van der Waals surface area (Å²) in [6.45, 7) is 3.31. The molecule has 0 heterocycles. The lowest BCUT2D eigenvalue weighted by atomic mass is 9.94. The fraction of sp³-hybridized carbons (Fsp3) is 0.400. The van der Waals surface area contributed by atoms with Gasteiger partial charge in [0.25, 0.3) is 0 Å². The molecule has 1 aromatic carbocycles. The summed E-state index contributed by atoms with van der Waals surface area (Å²) >= 11 is 0. The first kappa shape index (κ1) is 10.9. The SMILES string of the molecule is COc1c(F)cc(F)cc1C(C)(C)N. The van der Waals surface area contributed by atoms with E-state index in [4.69, 9.17) is 10.5 Å². The molecule has 0 aliphatic heterocycles. The van der Waals surface area contributed by atoms with Crippen molar-refractivity contribution < 1.29 is 13.5 Å². The molecule has 0 fully saturated rings. The topological polar surface area (TPSA) is 35.2 Å². The second-order valence-corrected chi connectivity index (χ2v) is 3.69. The highest BCUT2D eigenvalue weighted by Crippen LogP contribution is 2.31. The third-order valence-corrected chi connectivity index (χ3v) is 1.91. The zero-order chi connectivity index (χ0) is 10.9. The Morgan fingerprint density at radius 2 is 1.86 bits per heavy atom. The van der Waals surface area contributed by atoms with Crippen molar-refractivity contribution in [2.24, 2.45) is 5.73 Å². The first-order valence-electron chi connectivity index (χ1n) is 4.18. The van der Waals surface area contributed by atoms with Crippen LogP contribution in [0.5, 0.6) is 5.75 Å². The lowest BCUT2D eigenvalue weighted by molar-refractivity contribution is 0.365. The standard InChI is InChI=1S/C10H13F2NO/c1-10(2,13)7-4-6(11)5-8(12)9(7)14-3/h4-5H,13H2,1-3H3. The minimum Gasteiger partial charge on any atom is -0.493 e. The minimum absolute atomic E-state index is 0.00102. The van der Waals surface area contributed by atoms with E-state index in [9.17, 15) is 8.78 Å². The van der Waals surface area contributed by atoms with Crippen molar-refractivity contribution in [1.82, 2.24) is 0 Å². The van der Waals surface area contributed by atoms with Crippen molar-refractivity contribution in [1.29, 1.82) is 0 Å². The molecule has 1 rings (SSSR count). The van der Waals surface area contributed by atoms with Crippen LogP contribution in [0.25, 0.3) is 0 Å². The maximum absolute atomic E-state index is 13.2. The van der Waals surface area contributed by atoms with Crippen molar-refractivity contribution in [3.63, 3.8) is 0 Å². The largest absolute Gasteiger partial charge is 0.493 e. The maximum atomic E-state index is 13.2. The van der Waals surface area contributed by atoms with Crippen LogP contribution in [0.2, 0.25) is 0 Å². The van der Waals surface area contributed by atoms with Crippen molar-refractivity contribution >= 4 is 0 Å². The van der Waals surface area contributed by atoms with Crippen LogP contribution in [-0.4, -0.2) is 7.11 Å². The third-order valence-electron chi connectivity index (χ3n) is 1.91. The van der Waals surface area contributed by atoms with E-state index in [2.05, 4.69) is 0 Å². The normalized spacial score (nSPS) is 11.6. The zero-order valence-corrected chi connectivity index (χ0v) is 8.40. The van der Waals surface area contributed by atoms with Gasteiger partial charge in [0.1, 0.15) is 5.82 Å². The van der Waals surface area contributed by atoms with Crippen LogP contribution >= 0.6 is 0 Å². The molecule has 0 radical (unpaired) electrons. The summed E-state index contributed by atoms with van der Waals surface area (Å²) in [6, 6.07) is 1.95. The lowest BCUT2D eigenvalue weighted by Gasteiger charge is -2.22. The highest BCUT2D eigenvalue weighted by Gasteiger charge is 2.23. The van der Waals surface area contributed by atoms with Gasteiger partial charge in [-0.25, -0.2) is 8.78 Å². The number of rotatable bonds is 2. The molecule has 14 heavy (non-hydrogen) atoms. The number of hydrogen-bond donors (Lipinski definition) is 1. The number of ether oxygens (including phenoxy) is 1. The Balaban J connectivity index is 3.40. The number of benzene rings is 1. The van der Waals surface area contributed by atoms with Gasteiger partial charge >= 0.3 is 0 Å². The molecule has 0 spiro atoms. The second-order valence-electron chi connectivity index (χ2n) is 3.69. The van der Waals surface area contributed by atoms with Gasteiger partial charge < -0.3 is 10.5 Å².